The Morgan fingerprint density at radius 2 is 1.86 bits per heavy atom. The molecule has 0 atom stereocenters. The molecule has 1 amide bonds. The van der Waals surface area contributed by atoms with Gasteiger partial charge in [-0.05, 0) is 17.7 Å². The normalized spacial score (nSPS) is 10.3. The van der Waals surface area contributed by atoms with Crippen molar-refractivity contribution in [3.8, 4) is 0 Å². The maximum Gasteiger partial charge on any atom is 1.00 e. The predicted octanol–water partition coefficient (Wildman–Crippen LogP) is -2.63. The Kier molecular flexibility index (Phi) is 8.44. The molecular formula is C10H11N2NaO7S. The molecule has 0 fully saturated rings. The van der Waals surface area contributed by atoms with E-state index in [1.54, 1.807) is 0 Å². The summed E-state index contributed by atoms with van der Waals surface area (Å²) in [6, 6.07) is 5.38. The number of rotatable bonds is 6. The van der Waals surface area contributed by atoms with Crippen LogP contribution < -0.4 is 34.9 Å². The summed E-state index contributed by atoms with van der Waals surface area (Å²) in [6.45, 7) is -0.473. The maximum atomic E-state index is 11.1. The fourth-order valence-corrected chi connectivity index (χ4v) is 1.54. The van der Waals surface area contributed by atoms with Crippen molar-refractivity contribution in [3.05, 3.63) is 39.9 Å². The summed E-state index contributed by atoms with van der Waals surface area (Å²) in [5, 5.41) is 12.5. The Morgan fingerprint density at radius 3 is 2.33 bits per heavy atom. The molecule has 0 unspecified atom stereocenters. The van der Waals surface area contributed by atoms with Crippen LogP contribution in [-0.4, -0.2) is 36.3 Å². The van der Waals surface area contributed by atoms with Gasteiger partial charge in [-0.15, -0.1) is 0 Å². The summed E-state index contributed by atoms with van der Waals surface area (Å²) < 4.78 is 35.6. The molecule has 0 radical (unpaired) electrons. The Bertz CT molecular complexity index is 588. The van der Waals surface area contributed by atoms with Gasteiger partial charge in [0.1, 0.15) is 6.61 Å². The van der Waals surface area contributed by atoms with E-state index in [0.717, 1.165) is 0 Å². The first-order valence-corrected chi connectivity index (χ1v) is 6.93. The van der Waals surface area contributed by atoms with Gasteiger partial charge < -0.3 is 14.6 Å². The third-order valence-electron chi connectivity index (χ3n) is 2.14. The van der Waals surface area contributed by atoms with Crippen LogP contribution in [0.15, 0.2) is 24.3 Å². The second kappa shape index (κ2) is 8.95. The van der Waals surface area contributed by atoms with Crippen LogP contribution in [0.25, 0.3) is 0 Å². The van der Waals surface area contributed by atoms with Gasteiger partial charge in [0.05, 0.1) is 20.8 Å². The molecule has 0 aromatic heterocycles. The number of carbonyl (C=O) groups excluding carboxylic acids is 1. The fourth-order valence-electron chi connectivity index (χ4n) is 1.19. The van der Waals surface area contributed by atoms with Crippen molar-refractivity contribution in [2.24, 2.45) is 0 Å². The molecule has 1 rings (SSSR count). The molecule has 0 heterocycles. The Hall–Kier alpha value is -1.20. The molecule has 21 heavy (non-hydrogen) atoms. The molecule has 0 bridgehead atoms. The van der Waals surface area contributed by atoms with Crippen molar-refractivity contribution >= 4 is 21.9 Å². The van der Waals surface area contributed by atoms with Gasteiger partial charge in [0.25, 0.3) is 5.69 Å². The van der Waals surface area contributed by atoms with Gasteiger partial charge in [0.15, 0.2) is 0 Å². The Balaban J connectivity index is 0.00000400. The van der Waals surface area contributed by atoms with Crippen molar-refractivity contribution in [1.29, 1.82) is 0 Å². The van der Waals surface area contributed by atoms with E-state index < -0.39 is 26.9 Å². The average Bonchev–Trinajstić information content (AvgIpc) is 2.35. The van der Waals surface area contributed by atoms with Crippen LogP contribution in [0.4, 0.5) is 10.5 Å². The van der Waals surface area contributed by atoms with Gasteiger partial charge in [-0.25, -0.2) is 13.2 Å². The molecule has 110 valence electrons. The Morgan fingerprint density at radius 1 is 1.29 bits per heavy atom. The van der Waals surface area contributed by atoms with Gasteiger partial charge in [-0.1, -0.05) is 0 Å². The summed E-state index contributed by atoms with van der Waals surface area (Å²) in [6.07, 6.45) is -0.882. The van der Waals surface area contributed by atoms with E-state index >= 15 is 0 Å². The number of non-ortho nitro benzene ring substituents is 1. The molecule has 1 aromatic rings. The van der Waals surface area contributed by atoms with Gasteiger partial charge in [-0.2, -0.15) is 0 Å². The van der Waals surface area contributed by atoms with Crippen LogP contribution in [0.5, 0.6) is 0 Å². The number of ether oxygens (including phenoxy) is 1. The second-order valence-corrected chi connectivity index (χ2v) is 5.21. The van der Waals surface area contributed by atoms with E-state index in [1.807, 2.05) is 0 Å². The maximum absolute atomic E-state index is 11.1. The molecule has 0 saturated heterocycles. The average molecular weight is 326 g/mol. The monoisotopic (exact) mass is 326 g/mol. The van der Waals surface area contributed by atoms with E-state index in [2.05, 4.69) is 5.32 Å². The summed E-state index contributed by atoms with van der Waals surface area (Å²) in [7, 11) is -4.38. The van der Waals surface area contributed by atoms with E-state index in [-0.39, 0.29) is 48.4 Å². The standard InChI is InChI=1S/C10H12N2O7S.Na/c13-10(11-5-6-20(16,17)18)19-7-8-1-3-9(4-2-8)12(14)15;/h1-4H,5-7H2,(H,11,13)(H,16,17,18);/q;+1/p-1. The van der Waals surface area contributed by atoms with E-state index in [1.165, 1.54) is 24.3 Å². The van der Waals surface area contributed by atoms with Crippen molar-refractivity contribution < 1.29 is 57.0 Å². The fraction of sp³-hybridized carbons (Fsp3) is 0.300. The van der Waals surface area contributed by atoms with Crippen LogP contribution in [0.2, 0.25) is 0 Å². The molecule has 0 aliphatic rings. The molecule has 1 aromatic carbocycles. The van der Waals surface area contributed by atoms with Crippen LogP contribution in [0, 0.1) is 10.1 Å². The molecule has 1 N–H and O–H groups in total. The number of hydrogen-bond acceptors (Lipinski definition) is 7. The first kappa shape index (κ1) is 19.8. The molecule has 0 spiro atoms. The van der Waals surface area contributed by atoms with E-state index in [0.29, 0.717) is 5.56 Å². The smallest absolute Gasteiger partial charge is 0.748 e. The first-order chi connectivity index (χ1) is 9.28. The van der Waals surface area contributed by atoms with Gasteiger partial charge in [-0.3, -0.25) is 10.1 Å². The number of amides is 1. The predicted molar refractivity (Wildman–Crippen MR) is 65.8 cm³/mol. The quantitative estimate of drug-likeness (QED) is 0.261. The summed E-state index contributed by atoms with van der Waals surface area (Å²) in [4.78, 5) is 21.0. The van der Waals surface area contributed by atoms with Crippen LogP contribution in [0.3, 0.4) is 0 Å². The molecule has 0 aliphatic heterocycles. The number of nitro benzene ring substituents is 1. The van der Waals surface area contributed by atoms with Gasteiger partial charge in [0, 0.05) is 18.7 Å². The minimum absolute atomic E-state index is 0. The summed E-state index contributed by atoms with van der Waals surface area (Å²) >= 11 is 0. The van der Waals surface area contributed by atoms with Crippen molar-refractivity contribution in [2.75, 3.05) is 12.3 Å². The first-order valence-electron chi connectivity index (χ1n) is 5.35. The van der Waals surface area contributed by atoms with Crippen LogP contribution in [-0.2, 0) is 21.5 Å². The van der Waals surface area contributed by atoms with Crippen molar-refractivity contribution in [2.45, 2.75) is 6.61 Å². The Labute approximate surface area is 142 Å². The molecule has 9 nitrogen and oxygen atoms in total. The van der Waals surface area contributed by atoms with Crippen LogP contribution in [0.1, 0.15) is 5.56 Å². The van der Waals surface area contributed by atoms with Crippen molar-refractivity contribution in [3.63, 3.8) is 0 Å². The van der Waals surface area contributed by atoms with E-state index in [4.69, 9.17) is 4.74 Å². The largest absolute Gasteiger partial charge is 1.00 e. The van der Waals surface area contributed by atoms with Crippen molar-refractivity contribution in [1.82, 2.24) is 5.32 Å². The zero-order valence-corrected chi connectivity index (χ0v) is 14.0. The van der Waals surface area contributed by atoms with Gasteiger partial charge in [0.2, 0.25) is 0 Å². The minimum Gasteiger partial charge on any atom is -0.748 e. The number of hydrogen-bond donors (Lipinski definition) is 1. The number of carbonyl (C=O) groups is 1. The third kappa shape index (κ3) is 8.63. The van der Waals surface area contributed by atoms with Crippen LogP contribution >= 0.6 is 0 Å². The minimum atomic E-state index is -4.38. The molecule has 0 saturated carbocycles. The SMILES string of the molecule is O=C(NCCS(=O)(=O)[O-])OCc1ccc([N+](=O)[O-])cc1.[Na+]. The second-order valence-electron chi connectivity index (χ2n) is 3.69. The number of nitro groups is 1. The number of nitrogens with one attached hydrogen (secondary N) is 1. The molecule has 0 aliphatic carbocycles. The number of benzene rings is 1. The summed E-state index contributed by atoms with van der Waals surface area (Å²) in [5.74, 6) is -0.723. The number of alkyl carbamates (subject to hydrolysis) is 1. The topological polar surface area (TPSA) is 139 Å². The number of nitrogens with zero attached hydrogens (tertiary/aromatic N) is 1. The zero-order chi connectivity index (χ0) is 15.2. The molecule has 11 heteroatoms. The van der Waals surface area contributed by atoms with E-state index in [9.17, 15) is 27.9 Å². The third-order valence-corrected chi connectivity index (χ3v) is 2.84. The zero-order valence-electron chi connectivity index (χ0n) is 11.1. The van der Waals surface area contributed by atoms with Gasteiger partial charge >= 0.3 is 35.7 Å². The summed E-state index contributed by atoms with van der Waals surface area (Å²) in [5.41, 5.74) is 0.445. The molecular weight excluding hydrogens is 315 g/mol.